The number of hydrogen-bond donors (Lipinski definition) is 3. The average Bonchev–Trinajstić information content (AvgIpc) is 3.96. The van der Waals surface area contributed by atoms with Gasteiger partial charge in [0.15, 0.2) is 6.04 Å². The lowest BCUT2D eigenvalue weighted by Crippen LogP contribution is -2.60. The molecule has 3 heterocycles. The highest BCUT2D eigenvalue weighted by atomic mass is 32.2. The molecular weight excluding hydrogens is 651 g/mol. The highest BCUT2D eigenvalue weighted by Crippen LogP contribution is 2.45. The Morgan fingerprint density at radius 3 is 2.58 bits per heavy atom. The van der Waals surface area contributed by atoms with Gasteiger partial charge in [0.2, 0.25) is 27.7 Å². The van der Waals surface area contributed by atoms with Crippen molar-refractivity contribution < 1.29 is 40.7 Å². The van der Waals surface area contributed by atoms with E-state index < -0.39 is 68.8 Å². The first-order valence-electron chi connectivity index (χ1n) is 16.5. The Kier molecular flexibility index (Phi) is 9.46. The van der Waals surface area contributed by atoms with E-state index in [0.717, 1.165) is 41.5 Å². The summed E-state index contributed by atoms with van der Waals surface area (Å²) in [6.45, 7) is 3.29. The van der Waals surface area contributed by atoms with Crippen molar-refractivity contribution in [2.45, 2.75) is 99.4 Å². The molecule has 3 amide bonds. The van der Waals surface area contributed by atoms with Crippen molar-refractivity contribution in [1.29, 1.82) is 0 Å². The van der Waals surface area contributed by atoms with Gasteiger partial charge >= 0.3 is 6.18 Å². The maximum Gasteiger partial charge on any atom is 0.412 e. The van der Waals surface area contributed by atoms with Gasteiger partial charge in [-0.05, 0) is 68.2 Å². The molecule has 1 aromatic heterocycles. The van der Waals surface area contributed by atoms with Crippen molar-refractivity contribution >= 4 is 38.5 Å². The van der Waals surface area contributed by atoms with E-state index in [2.05, 4.69) is 26.9 Å². The number of carbonyl (C=O) groups excluding carboxylic acids is 3. The van der Waals surface area contributed by atoms with E-state index in [0.29, 0.717) is 31.1 Å². The number of nitrogens with one attached hydrogen (secondary N) is 3. The summed E-state index contributed by atoms with van der Waals surface area (Å²) in [6.07, 6.45) is 2.37. The van der Waals surface area contributed by atoms with Gasteiger partial charge in [0.1, 0.15) is 17.7 Å². The van der Waals surface area contributed by atoms with Crippen molar-refractivity contribution in [1.82, 2.24) is 25.2 Å². The fourth-order valence-corrected chi connectivity index (χ4v) is 8.09. The Balaban J connectivity index is 1.30. The standard InChI is InChI=1S/C33H40F3N5O6S/c1-2-22-18-32(22,31(44)40-48(45,46)24-11-12-24)39-28(42)26-17-23-19-41(26)30(43)27(33(34,35)36)37-14-7-5-3-4-6-8-20-9-10-21-13-15-38-29(47-23)25(21)16-20/h2,9-10,13,15-16,22-24,26-27,37H,1,3-8,11-12,14,17-19H2,(H,39,42)(H,40,44)/t22-,23+,26-,27?,32+/m0/s1. The van der Waals surface area contributed by atoms with Gasteiger partial charge in [-0.25, -0.2) is 13.4 Å². The lowest BCUT2D eigenvalue weighted by atomic mass is 10.0. The quantitative estimate of drug-likeness (QED) is 0.392. The first-order chi connectivity index (χ1) is 22.8. The molecule has 5 atom stereocenters. The maximum absolute atomic E-state index is 14.3. The third-order valence-corrected chi connectivity index (χ3v) is 11.6. The molecule has 1 unspecified atom stereocenters. The minimum Gasteiger partial charge on any atom is -0.472 e. The normalized spacial score (nSPS) is 28.6. The molecule has 2 aliphatic heterocycles. The van der Waals surface area contributed by atoms with Gasteiger partial charge in [-0.1, -0.05) is 37.5 Å². The number of rotatable bonds is 6. The van der Waals surface area contributed by atoms with Crippen molar-refractivity contribution in [2.75, 3.05) is 13.1 Å². The van der Waals surface area contributed by atoms with Crippen LogP contribution < -0.4 is 20.1 Å². The summed E-state index contributed by atoms with van der Waals surface area (Å²) in [6, 6.07) is 3.78. The van der Waals surface area contributed by atoms with E-state index in [-0.39, 0.29) is 31.8 Å². The molecule has 0 spiro atoms. The number of alkyl halides is 3. The van der Waals surface area contributed by atoms with Gasteiger partial charge in [0.05, 0.1) is 11.8 Å². The van der Waals surface area contributed by atoms with Crippen LogP contribution in [0.3, 0.4) is 0 Å². The Morgan fingerprint density at radius 1 is 1.12 bits per heavy atom. The number of halogens is 3. The Labute approximate surface area is 277 Å². The van der Waals surface area contributed by atoms with Crippen LogP contribution in [0.5, 0.6) is 5.88 Å². The third-order valence-electron chi connectivity index (χ3n) is 9.73. The van der Waals surface area contributed by atoms with Gasteiger partial charge in [-0.2, -0.15) is 13.2 Å². The number of pyridine rings is 1. The Morgan fingerprint density at radius 2 is 1.88 bits per heavy atom. The summed E-state index contributed by atoms with van der Waals surface area (Å²) in [5.41, 5.74) is -0.583. The summed E-state index contributed by atoms with van der Waals surface area (Å²) >= 11 is 0. The SMILES string of the molecule is C=C[C@H]1C[C@]1(NC(=O)[C@@H]1C[C@@H]2CN1C(=O)C(C(F)(F)F)NCCCCCCCc1ccc3ccnc(c3c1)O2)C(=O)NS(=O)(=O)C1CC1. The van der Waals surface area contributed by atoms with Crippen LogP contribution in [0.2, 0.25) is 0 Å². The highest BCUT2D eigenvalue weighted by Gasteiger charge is 2.62. The molecule has 3 fully saturated rings. The maximum atomic E-state index is 14.3. The molecule has 2 aromatic rings. The molecule has 15 heteroatoms. The summed E-state index contributed by atoms with van der Waals surface area (Å²) in [5, 5.41) is 5.82. The molecule has 3 N–H and O–H groups in total. The van der Waals surface area contributed by atoms with Crippen LogP contribution in [0.25, 0.3) is 10.8 Å². The molecule has 1 aromatic carbocycles. The number of hydrogen-bond acceptors (Lipinski definition) is 8. The van der Waals surface area contributed by atoms with E-state index in [1.807, 2.05) is 24.3 Å². The van der Waals surface area contributed by atoms with Crippen molar-refractivity contribution in [2.24, 2.45) is 5.92 Å². The molecule has 2 saturated carbocycles. The minimum absolute atomic E-state index is 0.0455. The Bertz CT molecular complexity index is 1700. The topological polar surface area (TPSA) is 147 Å². The van der Waals surface area contributed by atoms with Gasteiger partial charge in [0, 0.05) is 23.9 Å². The van der Waals surface area contributed by atoms with Crippen LogP contribution in [-0.4, -0.2) is 84.3 Å². The van der Waals surface area contributed by atoms with Crippen LogP contribution in [-0.2, 0) is 30.8 Å². The molecule has 48 heavy (non-hydrogen) atoms. The predicted octanol–water partition coefficient (Wildman–Crippen LogP) is 3.28. The number of fused-ring (bicyclic) bond motifs is 3. The monoisotopic (exact) mass is 691 g/mol. The van der Waals surface area contributed by atoms with Gasteiger partial charge < -0.3 is 15.0 Å². The zero-order valence-electron chi connectivity index (χ0n) is 26.4. The molecule has 1 saturated heterocycles. The molecule has 4 aliphatic rings. The second-order valence-electron chi connectivity index (χ2n) is 13.3. The molecule has 260 valence electrons. The zero-order valence-corrected chi connectivity index (χ0v) is 27.2. The molecular formula is C33H40F3N5O6S. The van der Waals surface area contributed by atoms with Crippen molar-refractivity contribution in [3.8, 4) is 5.88 Å². The van der Waals surface area contributed by atoms with Gasteiger partial charge in [-0.3, -0.25) is 24.4 Å². The van der Waals surface area contributed by atoms with Crippen LogP contribution in [0.4, 0.5) is 13.2 Å². The molecule has 6 rings (SSSR count). The lowest BCUT2D eigenvalue weighted by Gasteiger charge is -2.30. The fourth-order valence-electron chi connectivity index (χ4n) is 6.73. The summed E-state index contributed by atoms with van der Waals surface area (Å²) in [5.74, 6) is -3.56. The van der Waals surface area contributed by atoms with E-state index in [9.17, 15) is 36.0 Å². The predicted molar refractivity (Wildman–Crippen MR) is 170 cm³/mol. The van der Waals surface area contributed by atoms with E-state index in [4.69, 9.17) is 4.74 Å². The number of aromatic nitrogens is 1. The number of amides is 3. The molecule has 11 nitrogen and oxygen atoms in total. The molecule has 2 aliphatic carbocycles. The van der Waals surface area contributed by atoms with Crippen LogP contribution in [0, 0.1) is 5.92 Å². The van der Waals surface area contributed by atoms with Crippen LogP contribution in [0.15, 0.2) is 43.1 Å². The third kappa shape index (κ3) is 7.16. The molecule has 0 radical (unpaired) electrons. The first-order valence-corrected chi connectivity index (χ1v) is 18.0. The number of benzene rings is 1. The summed E-state index contributed by atoms with van der Waals surface area (Å²) < 4.78 is 76.4. The fraction of sp³-hybridized carbons (Fsp3) is 0.576. The van der Waals surface area contributed by atoms with Crippen LogP contribution in [0.1, 0.15) is 63.4 Å². The van der Waals surface area contributed by atoms with Gasteiger partial charge in [-0.15, -0.1) is 6.58 Å². The number of ether oxygens (including phenoxy) is 1. The van der Waals surface area contributed by atoms with Crippen molar-refractivity contribution in [3.63, 3.8) is 0 Å². The second-order valence-corrected chi connectivity index (χ2v) is 15.2. The first kappa shape index (κ1) is 34.2. The summed E-state index contributed by atoms with van der Waals surface area (Å²) in [7, 11) is -3.95. The smallest absolute Gasteiger partial charge is 0.412 e. The number of aryl methyl sites for hydroxylation is 1. The molecule has 4 bridgehead atoms. The van der Waals surface area contributed by atoms with Gasteiger partial charge in [0.25, 0.3) is 5.91 Å². The highest BCUT2D eigenvalue weighted by molar-refractivity contribution is 7.91. The average molecular weight is 692 g/mol. The number of carbonyl (C=O) groups is 3. The minimum atomic E-state index is -4.95. The van der Waals surface area contributed by atoms with E-state index in [1.54, 1.807) is 6.20 Å². The lowest BCUT2D eigenvalue weighted by molar-refractivity contribution is -0.177. The second kappa shape index (κ2) is 13.3. The largest absolute Gasteiger partial charge is 0.472 e. The summed E-state index contributed by atoms with van der Waals surface area (Å²) in [4.78, 5) is 46.2. The number of sulfonamides is 1. The zero-order chi connectivity index (χ0) is 34.3. The number of nitrogens with zero attached hydrogens (tertiary/aromatic N) is 2. The van der Waals surface area contributed by atoms with Crippen molar-refractivity contribution in [3.05, 3.63) is 48.7 Å². The van der Waals surface area contributed by atoms with E-state index in [1.165, 1.54) is 6.08 Å². The van der Waals surface area contributed by atoms with E-state index >= 15 is 0 Å². The van der Waals surface area contributed by atoms with Crippen LogP contribution >= 0.6 is 0 Å². The Hall–Kier alpha value is -3.72.